The fraction of sp³-hybridized carbons (Fsp3) is 0.471. The summed E-state index contributed by atoms with van der Waals surface area (Å²) in [4.78, 5) is 12.2. The molecule has 21 heavy (non-hydrogen) atoms. The molecular weight excluding hydrogens is 278 g/mol. The van der Waals surface area contributed by atoms with Gasteiger partial charge >= 0.3 is 0 Å². The minimum atomic E-state index is 0.909. The Labute approximate surface area is 132 Å². The smallest absolute Gasteiger partial charge is 0.0547 e. The molecule has 2 rings (SSSR count). The second kappa shape index (κ2) is 7.69. The number of hydrogen-bond acceptors (Lipinski definition) is 4. The Bertz CT molecular complexity index is 563. The molecule has 0 unspecified atom stereocenters. The molecule has 0 aliphatic carbocycles. The standard InChI is InChI=1S/C17H25N3S/c1-14-6-5-7-16(18-14)12-20(11-10-19(3)4)13-17-9-8-15(2)21-17/h5-9H,10-13H2,1-4H3. The third-order valence-electron chi connectivity index (χ3n) is 3.37. The molecule has 0 spiro atoms. The Morgan fingerprint density at radius 2 is 1.81 bits per heavy atom. The number of thiophene rings is 1. The van der Waals surface area contributed by atoms with Gasteiger partial charge in [0.1, 0.15) is 0 Å². The molecule has 0 saturated heterocycles. The van der Waals surface area contributed by atoms with Crippen LogP contribution in [0.2, 0.25) is 0 Å². The van der Waals surface area contributed by atoms with E-state index in [9.17, 15) is 0 Å². The number of likely N-dealkylation sites (N-methyl/N-ethyl adjacent to an activating group) is 1. The molecule has 0 aliphatic heterocycles. The van der Waals surface area contributed by atoms with E-state index in [0.717, 1.165) is 37.6 Å². The van der Waals surface area contributed by atoms with Crippen molar-refractivity contribution in [1.82, 2.24) is 14.8 Å². The van der Waals surface area contributed by atoms with E-state index in [-0.39, 0.29) is 0 Å². The fourth-order valence-corrected chi connectivity index (χ4v) is 3.20. The lowest BCUT2D eigenvalue weighted by Gasteiger charge is -2.23. The molecule has 0 fully saturated rings. The Kier molecular flexibility index (Phi) is 5.91. The summed E-state index contributed by atoms with van der Waals surface area (Å²) in [5.41, 5.74) is 2.24. The van der Waals surface area contributed by atoms with E-state index >= 15 is 0 Å². The molecule has 2 aromatic rings. The number of aryl methyl sites for hydroxylation is 2. The van der Waals surface area contributed by atoms with Crippen LogP contribution in [-0.2, 0) is 13.1 Å². The minimum Gasteiger partial charge on any atom is -0.308 e. The van der Waals surface area contributed by atoms with Gasteiger partial charge in [0, 0.05) is 41.6 Å². The van der Waals surface area contributed by atoms with Crippen molar-refractivity contribution in [2.75, 3.05) is 27.2 Å². The van der Waals surface area contributed by atoms with Gasteiger partial charge in [0.15, 0.2) is 0 Å². The highest BCUT2D eigenvalue weighted by Crippen LogP contribution is 2.18. The van der Waals surface area contributed by atoms with E-state index in [4.69, 9.17) is 0 Å². The number of pyridine rings is 1. The first-order valence-corrected chi connectivity index (χ1v) is 8.19. The first kappa shape index (κ1) is 16.1. The van der Waals surface area contributed by atoms with E-state index in [2.05, 4.69) is 73.1 Å². The highest BCUT2D eigenvalue weighted by Gasteiger charge is 2.10. The van der Waals surface area contributed by atoms with Gasteiger partial charge in [-0.2, -0.15) is 0 Å². The summed E-state index contributed by atoms with van der Waals surface area (Å²) in [6, 6.07) is 10.7. The predicted molar refractivity (Wildman–Crippen MR) is 90.7 cm³/mol. The average Bonchev–Trinajstić information content (AvgIpc) is 2.81. The molecular formula is C17H25N3S. The SMILES string of the molecule is Cc1cccc(CN(CCN(C)C)Cc2ccc(C)s2)n1. The van der Waals surface area contributed by atoms with Crippen LogP contribution in [0.3, 0.4) is 0 Å². The topological polar surface area (TPSA) is 19.4 Å². The maximum absolute atomic E-state index is 4.64. The molecule has 2 heterocycles. The molecule has 0 aromatic carbocycles. The summed E-state index contributed by atoms with van der Waals surface area (Å²) < 4.78 is 0. The van der Waals surface area contributed by atoms with Crippen molar-refractivity contribution >= 4 is 11.3 Å². The Morgan fingerprint density at radius 1 is 1.00 bits per heavy atom. The van der Waals surface area contributed by atoms with Gasteiger partial charge < -0.3 is 4.90 Å². The molecule has 0 saturated carbocycles. The summed E-state index contributed by atoms with van der Waals surface area (Å²) in [6.07, 6.45) is 0. The van der Waals surface area contributed by atoms with E-state index in [0.29, 0.717) is 0 Å². The lowest BCUT2D eigenvalue weighted by molar-refractivity contribution is 0.225. The zero-order chi connectivity index (χ0) is 15.2. The van der Waals surface area contributed by atoms with Gasteiger partial charge in [0.2, 0.25) is 0 Å². The van der Waals surface area contributed by atoms with Gasteiger partial charge in [-0.3, -0.25) is 9.88 Å². The molecule has 114 valence electrons. The van der Waals surface area contributed by atoms with Crippen molar-refractivity contribution in [2.24, 2.45) is 0 Å². The minimum absolute atomic E-state index is 0.909. The van der Waals surface area contributed by atoms with E-state index in [1.165, 1.54) is 9.75 Å². The Balaban J connectivity index is 2.04. The second-order valence-electron chi connectivity index (χ2n) is 5.80. The van der Waals surface area contributed by atoms with Crippen LogP contribution in [0.1, 0.15) is 21.1 Å². The molecule has 0 N–H and O–H groups in total. The molecule has 0 atom stereocenters. The second-order valence-corrected chi connectivity index (χ2v) is 7.17. The van der Waals surface area contributed by atoms with Gasteiger partial charge in [0.05, 0.1) is 5.69 Å². The van der Waals surface area contributed by atoms with Crippen molar-refractivity contribution in [3.8, 4) is 0 Å². The monoisotopic (exact) mass is 303 g/mol. The van der Waals surface area contributed by atoms with E-state index < -0.39 is 0 Å². The fourth-order valence-electron chi connectivity index (χ4n) is 2.26. The van der Waals surface area contributed by atoms with Crippen LogP contribution >= 0.6 is 11.3 Å². The van der Waals surface area contributed by atoms with Gasteiger partial charge in [0.25, 0.3) is 0 Å². The van der Waals surface area contributed by atoms with E-state index in [1.807, 2.05) is 11.3 Å². The molecule has 3 nitrogen and oxygen atoms in total. The van der Waals surface area contributed by atoms with E-state index in [1.54, 1.807) is 0 Å². The first-order valence-electron chi connectivity index (χ1n) is 7.38. The van der Waals surface area contributed by atoms with Gasteiger partial charge in [-0.05, 0) is 52.2 Å². The Morgan fingerprint density at radius 3 is 2.43 bits per heavy atom. The first-order chi connectivity index (χ1) is 10.0. The van der Waals surface area contributed by atoms with Crippen LogP contribution in [0.4, 0.5) is 0 Å². The maximum Gasteiger partial charge on any atom is 0.0547 e. The van der Waals surface area contributed by atoms with Crippen LogP contribution in [0.15, 0.2) is 30.3 Å². The van der Waals surface area contributed by atoms with Gasteiger partial charge in [-0.1, -0.05) is 6.07 Å². The molecule has 0 aliphatic rings. The maximum atomic E-state index is 4.64. The number of hydrogen-bond donors (Lipinski definition) is 0. The quantitative estimate of drug-likeness (QED) is 0.782. The summed E-state index contributed by atoms with van der Waals surface area (Å²) >= 11 is 1.89. The van der Waals surface area contributed by atoms with Crippen LogP contribution in [-0.4, -0.2) is 42.0 Å². The van der Waals surface area contributed by atoms with Crippen molar-refractivity contribution in [3.63, 3.8) is 0 Å². The molecule has 0 radical (unpaired) electrons. The normalized spacial score (nSPS) is 11.5. The lowest BCUT2D eigenvalue weighted by Crippen LogP contribution is -2.31. The van der Waals surface area contributed by atoms with Crippen LogP contribution < -0.4 is 0 Å². The molecule has 2 aromatic heterocycles. The zero-order valence-electron chi connectivity index (χ0n) is 13.5. The van der Waals surface area contributed by atoms with Crippen LogP contribution in [0.5, 0.6) is 0 Å². The van der Waals surface area contributed by atoms with Crippen LogP contribution in [0, 0.1) is 13.8 Å². The van der Waals surface area contributed by atoms with Crippen molar-refractivity contribution in [3.05, 3.63) is 51.5 Å². The summed E-state index contributed by atoms with van der Waals surface area (Å²) in [6.45, 7) is 8.25. The zero-order valence-corrected chi connectivity index (χ0v) is 14.3. The number of aromatic nitrogens is 1. The number of rotatable bonds is 7. The predicted octanol–water partition coefficient (Wildman–Crippen LogP) is 3.32. The third-order valence-corrected chi connectivity index (χ3v) is 4.36. The molecule has 4 heteroatoms. The van der Waals surface area contributed by atoms with Gasteiger partial charge in [-0.25, -0.2) is 0 Å². The third kappa shape index (κ3) is 5.58. The number of nitrogens with zero attached hydrogens (tertiary/aromatic N) is 3. The molecule has 0 bridgehead atoms. The van der Waals surface area contributed by atoms with Crippen molar-refractivity contribution < 1.29 is 0 Å². The van der Waals surface area contributed by atoms with Crippen LogP contribution in [0.25, 0.3) is 0 Å². The summed E-state index contributed by atoms with van der Waals surface area (Å²) in [5.74, 6) is 0. The van der Waals surface area contributed by atoms with Crippen molar-refractivity contribution in [2.45, 2.75) is 26.9 Å². The van der Waals surface area contributed by atoms with Gasteiger partial charge in [-0.15, -0.1) is 11.3 Å². The largest absolute Gasteiger partial charge is 0.308 e. The summed E-state index contributed by atoms with van der Waals surface area (Å²) in [5, 5.41) is 0. The highest BCUT2D eigenvalue weighted by atomic mass is 32.1. The lowest BCUT2D eigenvalue weighted by atomic mass is 10.3. The Hall–Kier alpha value is -1.23. The summed E-state index contributed by atoms with van der Waals surface area (Å²) in [7, 11) is 4.25. The average molecular weight is 303 g/mol. The molecule has 0 amide bonds. The highest BCUT2D eigenvalue weighted by molar-refractivity contribution is 7.11. The van der Waals surface area contributed by atoms with Crippen molar-refractivity contribution in [1.29, 1.82) is 0 Å².